The first-order valence-corrected chi connectivity index (χ1v) is 9.00. The summed E-state index contributed by atoms with van der Waals surface area (Å²) < 4.78 is 10.9. The zero-order valence-electron chi connectivity index (χ0n) is 15.7. The minimum Gasteiger partial charge on any atom is -0.487 e. The van der Waals surface area contributed by atoms with Crippen LogP contribution in [0.3, 0.4) is 0 Å². The Labute approximate surface area is 183 Å². The molecule has 0 aliphatic heterocycles. The Morgan fingerprint density at radius 1 is 1.04 bits per heavy atom. The summed E-state index contributed by atoms with van der Waals surface area (Å²) >= 11 is 6.15. The number of nitrogens with one attached hydrogen (secondary N) is 2. The maximum absolute atomic E-state index is 6.15. The van der Waals surface area contributed by atoms with Gasteiger partial charge >= 0.3 is 0 Å². The Kier molecular flexibility index (Phi) is 11.9. The molecule has 0 atom stereocenters. The molecule has 0 spiro atoms. The molecule has 2 aromatic rings. The van der Waals surface area contributed by atoms with Gasteiger partial charge in [-0.3, -0.25) is 4.99 Å². The van der Waals surface area contributed by atoms with Crippen LogP contribution in [0, 0.1) is 0 Å². The summed E-state index contributed by atoms with van der Waals surface area (Å²) in [6, 6.07) is 15.7. The molecule has 2 rings (SSSR count). The molecular weight excluding hydrogens is 477 g/mol. The Hall–Kier alpha value is -1.51. The molecule has 148 valence electrons. The van der Waals surface area contributed by atoms with Crippen LogP contribution in [0.25, 0.3) is 0 Å². The smallest absolute Gasteiger partial charge is 0.191 e. The number of hydrogen-bond donors (Lipinski definition) is 2. The van der Waals surface area contributed by atoms with Gasteiger partial charge in [0.1, 0.15) is 12.4 Å². The van der Waals surface area contributed by atoms with Crippen LogP contribution in [0.4, 0.5) is 0 Å². The van der Waals surface area contributed by atoms with E-state index >= 15 is 0 Å². The predicted octanol–water partition coefficient (Wildman–Crippen LogP) is 4.24. The fourth-order valence-electron chi connectivity index (χ4n) is 2.41. The fraction of sp³-hybridized carbons (Fsp3) is 0.350. The molecule has 0 radical (unpaired) electrons. The van der Waals surface area contributed by atoms with Crippen LogP contribution in [-0.2, 0) is 17.9 Å². The van der Waals surface area contributed by atoms with Crippen molar-refractivity contribution >= 4 is 41.5 Å². The van der Waals surface area contributed by atoms with Crippen LogP contribution >= 0.6 is 35.6 Å². The zero-order valence-corrected chi connectivity index (χ0v) is 18.8. The fourth-order valence-corrected chi connectivity index (χ4v) is 2.60. The van der Waals surface area contributed by atoms with Gasteiger partial charge in [-0.2, -0.15) is 0 Å². The van der Waals surface area contributed by atoms with Crippen molar-refractivity contribution in [3.05, 3.63) is 64.7 Å². The first kappa shape index (κ1) is 23.5. The lowest BCUT2D eigenvalue weighted by Crippen LogP contribution is -2.37. The first-order valence-electron chi connectivity index (χ1n) is 8.62. The van der Waals surface area contributed by atoms with Crippen molar-refractivity contribution in [3.8, 4) is 5.75 Å². The van der Waals surface area contributed by atoms with Gasteiger partial charge in [0.15, 0.2) is 5.96 Å². The van der Waals surface area contributed by atoms with E-state index in [0.717, 1.165) is 36.7 Å². The van der Waals surface area contributed by atoms with E-state index in [0.29, 0.717) is 23.9 Å². The Bertz CT molecular complexity index is 713. The molecule has 0 amide bonds. The van der Waals surface area contributed by atoms with Crippen LogP contribution in [0.15, 0.2) is 53.5 Å². The van der Waals surface area contributed by atoms with Crippen molar-refractivity contribution in [3.63, 3.8) is 0 Å². The molecule has 5 nitrogen and oxygen atoms in total. The van der Waals surface area contributed by atoms with Crippen LogP contribution in [0.1, 0.15) is 17.5 Å². The molecule has 0 unspecified atom stereocenters. The minimum absolute atomic E-state index is 0. The summed E-state index contributed by atoms with van der Waals surface area (Å²) in [5.74, 6) is 1.45. The molecule has 2 aromatic carbocycles. The highest BCUT2D eigenvalue weighted by Gasteiger charge is 2.06. The molecular formula is C20H27ClIN3O2. The average molecular weight is 504 g/mol. The number of rotatable bonds is 9. The Balaban J connectivity index is 0.00000364. The van der Waals surface area contributed by atoms with Gasteiger partial charge < -0.3 is 20.1 Å². The van der Waals surface area contributed by atoms with E-state index in [1.807, 2.05) is 36.4 Å². The van der Waals surface area contributed by atoms with Gasteiger partial charge in [0.05, 0.1) is 5.02 Å². The van der Waals surface area contributed by atoms with Crippen LogP contribution < -0.4 is 15.4 Å². The van der Waals surface area contributed by atoms with E-state index in [1.54, 1.807) is 14.2 Å². The van der Waals surface area contributed by atoms with Crippen molar-refractivity contribution < 1.29 is 9.47 Å². The second-order valence-corrected chi connectivity index (χ2v) is 6.09. The summed E-state index contributed by atoms with van der Waals surface area (Å²) in [6.07, 6.45) is 0.930. The van der Waals surface area contributed by atoms with Crippen LogP contribution in [0.2, 0.25) is 5.02 Å². The van der Waals surface area contributed by atoms with E-state index in [4.69, 9.17) is 21.1 Å². The van der Waals surface area contributed by atoms with Crippen molar-refractivity contribution in [2.45, 2.75) is 19.6 Å². The SMILES string of the molecule is CN=C(NCCCOC)NCc1ccccc1COc1ccccc1Cl.I. The number of methoxy groups -OCH3 is 1. The molecule has 0 saturated carbocycles. The van der Waals surface area contributed by atoms with Crippen LogP contribution in [-0.4, -0.2) is 33.3 Å². The topological polar surface area (TPSA) is 54.9 Å². The molecule has 0 saturated heterocycles. The minimum atomic E-state index is 0. The lowest BCUT2D eigenvalue weighted by atomic mass is 10.1. The summed E-state index contributed by atoms with van der Waals surface area (Å²) in [7, 11) is 3.47. The third kappa shape index (κ3) is 8.36. The lowest BCUT2D eigenvalue weighted by molar-refractivity contribution is 0.195. The highest BCUT2D eigenvalue weighted by molar-refractivity contribution is 14.0. The van der Waals surface area contributed by atoms with Crippen molar-refractivity contribution in [2.75, 3.05) is 27.3 Å². The van der Waals surface area contributed by atoms with Crippen molar-refractivity contribution in [2.24, 2.45) is 4.99 Å². The molecule has 0 aliphatic rings. The Morgan fingerprint density at radius 2 is 1.74 bits per heavy atom. The van der Waals surface area contributed by atoms with Gasteiger partial charge in [-0.05, 0) is 29.7 Å². The van der Waals surface area contributed by atoms with Crippen LogP contribution in [0.5, 0.6) is 5.75 Å². The van der Waals surface area contributed by atoms with Gasteiger partial charge in [0.25, 0.3) is 0 Å². The number of ether oxygens (including phenoxy) is 2. The number of guanidine groups is 1. The molecule has 2 N–H and O–H groups in total. The van der Waals surface area contributed by atoms with E-state index in [1.165, 1.54) is 0 Å². The van der Waals surface area contributed by atoms with E-state index in [2.05, 4.69) is 27.8 Å². The largest absolute Gasteiger partial charge is 0.487 e. The standard InChI is InChI=1S/C20H26ClN3O2.HI/c1-22-20(23-12-7-13-25-2)24-14-16-8-3-4-9-17(16)15-26-19-11-6-5-10-18(19)21;/h3-6,8-11H,7,12-15H2,1-2H3,(H2,22,23,24);1H. The third-order valence-corrected chi connectivity index (χ3v) is 4.14. The average Bonchev–Trinajstić information content (AvgIpc) is 2.67. The maximum atomic E-state index is 6.15. The van der Waals surface area contributed by atoms with Gasteiger partial charge in [-0.1, -0.05) is 48.0 Å². The molecule has 27 heavy (non-hydrogen) atoms. The summed E-state index contributed by atoms with van der Waals surface area (Å²) in [5, 5.41) is 7.21. The number of aliphatic imine (C=N–C) groups is 1. The lowest BCUT2D eigenvalue weighted by Gasteiger charge is -2.15. The van der Waals surface area contributed by atoms with Gasteiger partial charge in [-0.15, -0.1) is 24.0 Å². The number of halogens is 2. The molecule has 0 bridgehead atoms. The summed E-state index contributed by atoms with van der Waals surface area (Å²) in [4.78, 5) is 4.24. The Morgan fingerprint density at radius 3 is 2.44 bits per heavy atom. The molecule has 0 fully saturated rings. The summed E-state index contributed by atoms with van der Waals surface area (Å²) in [5.41, 5.74) is 2.26. The molecule has 0 aliphatic carbocycles. The summed E-state index contributed by atoms with van der Waals surface area (Å²) in [6.45, 7) is 2.66. The second-order valence-electron chi connectivity index (χ2n) is 5.69. The number of para-hydroxylation sites is 1. The highest BCUT2D eigenvalue weighted by Crippen LogP contribution is 2.24. The normalized spacial score (nSPS) is 10.9. The number of benzene rings is 2. The quantitative estimate of drug-likeness (QED) is 0.233. The van der Waals surface area contributed by atoms with Crippen molar-refractivity contribution in [1.29, 1.82) is 0 Å². The number of nitrogens with zero attached hydrogens (tertiary/aromatic N) is 1. The zero-order chi connectivity index (χ0) is 18.6. The second kappa shape index (κ2) is 13.6. The molecule has 7 heteroatoms. The number of hydrogen-bond acceptors (Lipinski definition) is 3. The van der Waals surface area contributed by atoms with E-state index in [9.17, 15) is 0 Å². The highest BCUT2D eigenvalue weighted by atomic mass is 127. The van der Waals surface area contributed by atoms with Gasteiger partial charge in [-0.25, -0.2) is 0 Å². The molecule has 0 aromatic heterocycles. The van der Waals surface area contributed by atoms with E-state index in [-0.39, 0.29) is 24.0 Å². The maximum Gasteiger partial charge on any atom is 0.191 e. The monoisotopic (exact) mass is 503 g/mol. The van der Waals surface area contributed by atoms with Gasteiger partial charge in [0.2, 0.25) is 0 Å². The first-order chi connectivity index (χ1) is 12.7. The predicted molar refractivity (Wildman–Crippen MR) is 122 cm³/mol. The van der Waals surface area contributed by atoms with E-state index < -0.39 is 0 Å². The van der Waals surface area contributed by atoms with Crippen molar-refractivity contribution in [1.82, 2.24) is 10.6 Å². The molecule has 0 heterocycles. The van der Waals surface area contributed by atoms with Gasteiger partial charge in [0, 0.05) is 33.9 Å². The third-order valence-electron chi connectivity index (χ3n) is 3.83.